The van der Waals surface area contributed by atoms with Gasteiger partial charge in [0.25, 0.3) is 0 Å². The Morgan fingerprint density at radius 3 is 2.75 bits per heavy atom. The highest BCUT2D eigenvalue weighted by Gasteiger charge is 2.37. The van der Waals surface area contributed by atoms with Crippen molar-refractivity contribution in [2.45, 2.75) is 59.0 Å². The molecule has 0 amide bonds. The van der Waals surface area contributed by atoms with E-state index in [0.717, 1.165) is 38.4 Å². The molecular formula is C15H28N4O. The van der Waals surface area contributed by atoms with Crippen molar-refractivity contribution in [3.8, 4) is 0 Å². The van der Waals surface area contributed by atoms with Crippen LogP contribution in [0.2, 0.25) is 0 Å². The van der Waals surface area contributed by atoms with E-state index >= 15 is 0 Å². The first kappa shape index (κ1) is 15.4. The number of ether oxygens (including phenoxy) is 1. The third kappa shape index (κ3) is 3.79. The van der Waals surface area contributed by atoms with Crippen molar-refractivity contribution in [2.24, 2.45) is 5.41 Å². The van der Waals surface area contributed by atoms with Crippen LogP contribution in [0, 0.1) is 5.41 Å². The molecule has 1 unspecified atom stereocenters. The standard InChI is InChI=1S/C15H28N4O/c1-12(2)19-13(16-11-18-19)8-15(6-7-20-10-15)9-17-14(3,4)5/h11-12,17H,6-10H2,1-5H3. The quantitative estimate of drug-likeness (QED) is 0.898. The average Bonchev–Trinajstić information content (AvgIpc) is 2.96. The van der Waals surface area contributed by atoms with Gasteiger partial charge in [0.1, 0.15) is 12.2 Å². The lowest BCUT2D eigenvalue weighted by atomic mass is 9.82. The van der Waals surface area contributed by atoms with Crippen LogP contribution in [0.15, 0.2) is 6.33 Å². The number of hydrogen-bond acceptors (Lipinski definition) is 4. The molecule has 0 aromatic carbocycles. The molecular weight excluding hydrogens is 252 g/mol. The van der Waals surface area contributed by atoms with Crippen molar-refractivity contribution in [1.82, 2.24) is 20.1 Å². The smallest absolute Gasteiger partial charge is 0.138 e. The highest BCUT2D eigenvalue weighted by atomic mass is 16.5. The first-order valence-electron chi connectivity index (χ1n) is 7.53. The predicted molar refractivity (Wildman–Crippen MR) is 79.7 cm³/mol. The van der Waals surface area contributed by atoms with Crippen LogP contribution in [0.25, 0.3) is 0 Å². The van der Waals surface area contributed by atoms with Crippen LogP contribution < -0.4 is 5.32 Å². The van der Waals surface area contributed by atoms with Gasteiger partial charge >= 0.3 is 0 Å². The predicted octanol–water partition coefficient (Wildman–Crippen LogP) is 2.20. The van der Waals surface area contributed by atoms with Crippen LogP contribution in [0.3, 0.4) is 0 Å². The average molecular weight is 280 g/mol. The molecule has 1 saturated heterocycles. The summed E-state index contributed by atoms with van der Waals surface area (Å²) in [5.41, 5.74) is 0.272. The molecule has 114 valence electrons. The lowest BCUT2D eigenvalue weighted by Gasteiger charge is -2.32. The van der Waals surface area contributed by atoms with Crippen LogP contribution in [0.1, 0.15) is 52.9 Å². The summed E-state index contributed by atoms with van der Waals surface area (Å²) in [7, 11) is 0. The fourth-order valence-electron chi connectivity index (χ4n) is 2.61. The van der Waals surface area contributed by atoms with E-state index in [4.69, 9.17) is 4.74 Å². The number of nitrogens with one attached hydrogen (secondary N) is 1. The van der Waals surface area contributed by atoms with Crippen molar-refractivity contribution < 1.29 is 4.74 Å². The zero-order valence-corrected chi connectivity index (χ0v) is 13.4. The Labute approximate surface area is 122 Å². The van der Waals surface area contributed by atoms with Gasteiger partial charge in [0.2, 0.25) is 0 Å². The molecule has 20 heavy (non-hydrogen) atoms. The summed E-state index contributed by atoms with van der Waals surface area (Å²) in [5.74, 6) is 1.07. The second kappa shape index (κ2) is 5.82. The molecule has 1 aromatic rings. The van der Waals surface area contributed by atoms with Crippen molar-refractivity contribution >= 4 is 0 Å². The molecule has 2 heterocycles. The van der Waals surface area contributed by atoms with E-state index in [1.165, 1.54) is 0 Å². The van der Waals surface area contributed by atoms with Crippen LogP contribution in [-0.4, -0.2) is 40.1 Å². The fraction of sp³-hybridized carbons (Fsp3) is 0.867. The topological polar surface area (TPSA) is 52.0 Å². The Hall–Kier alpha value is -0.940. The van der Waals surface area contributed by atoms with E-state index < -0.39 is 0 Å². The zero-order valence-electron chi connectivity index (χ0n) is 13.4. The third-order valence-electron chi connectivity index (χ3n) is 3.85. The SMILES string of the molecule is CC(C)n1ncnc1CC1(CNC(C)(C)C)CCOC1. The Balaban J connectivity index is 2.11. The van der Waals surface area contributed by atoms with Gasteiger partial charge in [-0.2, -0.15) is 5.10 Å². The van der Waals surface area contributed by atoms with Crippen LogP contribution in [0.4, 0.5) is 0 Å². The fourth-order valence-corrected chi connectivity index (χ4v) is 2.61. The molecule has 0 bridgehead atoms. The molecule has 1 N–H and O–H groups in total. The zero-order chi connectivity index (χ0) is 14.8. The maximum atomic E-state index is 5.68. The molecule has 2 rings (SSSR count). The van der Waals surface area contributed by atoms with E-state index in [0.29, 0.717) is 6.04 Å². The Bertz CT molecular complexity index is 427. The molecule has 1 fully saturated rings. The molecule has 0 saturated carbocycles. The van der Waals surface area contributed by atoms with Crippen molar-refractivity contribution in [1.29, 1.82) is 0 Å². The molecule has 1 aliphatic rings. The summed E-state index contributed by atoms with van der Waals surface area (Å²) >= 11 is 0. The first-order valence-corrected chi connectivity index (χ1v) is 7.53. The van der Waals surface area contributed by atoms with Crippen molar-refractivity contribution in [3.63, 3.8) is 0 Å². The van der Waals surface area contributed by atoms with Crippen LogP contribution >= 0.6 is 0 Å². The van der Waals surface area contributed by atoms with Gasteiger partial charge in [0, 0.05) is 36.6 Å². The van der Waals surface area contributed by atoms with Gasteiger partial charge < -0.3 is 10.1 Å². The van der Waals surface area contributed by atoms with Crippen LogP contribution in [0.5, 0.6) is 0 Å². The minimum Gasteiger partial charge on any atom is -0.381 e. The molecule has 0 spiro atoms. The van der Waals surface area contributed by atoms with Gasteiger partial charge in [-0.05, 0) is 41.0 Å². The van der Waals surface area contributed by atoms with E-state index in [-0.39, 0.29) is 11.0 Å². The summed E-state index contributed by atoms with van der Waals surface area (Å²) in [6, 6.07) is 0.349. The first-order chi connectivity index (χ1) is 9.31. The summed E-state index contributed by atoms with van der Waals surface area (Å²) in [6.07, 6.45) is 3.67. The summed E-state index contributed by atoms with van der Waals surface area (Å²) in [5, 5.41) is 7.97. The maximum absolute atomic E-state index is 5.68. The molecule has 0 radical (unpaired) electrons. The van der Waals surface area contributed by atoms with Gasteiger partial charge in [-0.25, -0.2) is 9.67 Å². The summed E-state index contributed by atoms with van der Waals surface area (Å²) in [4.78, 5) is 4.46. The molecule has 1 aromatic heterocycles. The summed E-state index contributed by atoms with van der Waals surface area (Å²) < 4.78 is 7.70. The largest absolute Gasteiger partial charge is 0.381 e. The van der Waals surface area contributed by atoms with Crippen molar-refractivity contribution in [2.75, 3.05) is 19.8 Å². The second-order valence-corrected chi connectivity index (χ2v) is 7.30. The van der Waals surface area contributed by atoms with E-state index in [1.54, 1.807) is 6.33 Å². The van der Waals surface area contributed by atoms with Gasteiger partial charge in [0.05, 0.1) is 6.61 Å². The lowest BCUT2D eigenvalue weighted by molar-refractivity contribution is 0.141. The van der Waals surface area contributed by atoms with E-state index in [1.807, 2.05) is 4.68 Å². The van der Waals surface area contributed by atoms with Gasteiger partial charge in [0.15, 0.2) is 0 Å². The van der Waals surface area contributed by atoms with Gasteiger partial charge in [-0.3, -0.25) is 0 Å². The molecule has 5 heteroatoms. The summed E-state index contributed by atoms with van der Waals surface area (Å²) in [6.45, 7) is 13.5. The number of rotatable bonds is 5. The van der Waals surface area contributed by atoms with E-state index in [9.17, 15) is 0 Å². The Morgan fingerprint density at radius 2 is 2.20 bits per heavy atom. The molecule has 1 atom stereocenters. The highest BCUT2D eigenvalue weighted by molar-refractivity contribution is 4.99. The minimum atomic E-state index is 0.126. The lowest BCUT2D eigenvalue weighted by Crippen LogP contribution is -2.45. The monoisotopic (exact) mass is 280 g/mol. The Kier molecular flexibility index (Phi) is 4.49. The van der Waals surface area contributed by atoms with Crippen molar-refractivity contribution in [3.05, 3.63) is 12.2 Å². The number of nitrogens with zero attached hydrogens (tertiary/aromatic N) is 3. The molecule has 0 aliphatic carbocycles. The second-order valence-electron chi connectivity index (χ2n) is 7.30. The number of hydrogen-bond donors (Lipinski definition) is 1. The maximum Gasteiger partial charge on any atom is 0.138 e. The van der Waals surface area contributed by atoms with Crippen LogP contribution in [-0.2, 0) is 11.2 Å². The van der Waals surface area contributed by atoms with Gasteiger partial charge in [-0.15, -0.1) is 0 Å². The third-order valence-corrected chi connectivity index (χ3v) is 3.85. The molecule has 5 nitrogen and oxygen atoms in total. The molecule has 1 aliphatic heterocycles. The highest BCUT2D eigenvalue weighted by Crippen LogP contribution is 2.32. The minimum absolute atomic E-state index is 0.126. The van der Waals surface area contributed by atoms with Gasteiger partial charge in [-0.1, -0.05) is 0 Å². The number of aromatic nitrogens is 3. The van der Waals surface area contributed by atoms with E-state index in [2.05, 4.69) is 50.0 Å². The normalized spacial score (nSPS) is 23.7. The Morgan fingerprint density at radius 1 is 1.45 bits per heavy atom.